The average molecular weight is 489 g/mol. The molecule has 1 heterocycles. The number of aliphatic hydroxyl groups excluding tert-OH is 1. The largest absolute Gasteiger partial charge is 0.396 e. The molecule has 0 atom stereocenters. The first kappa shape index (κ1) is 23.9. The van der Waals surface area contributed by atoms with Crippen molar-refractivity contribution in [3.05, 3.63) is 23.9 Å². The number of rotatable bonds is 8. The molecule has 0 aliphatic heterocycles. The third-order valence-corrected chi connectivity index (χ3v) is 5.22. The summed E-state index contributed by atoms with van der Waals surface area (Å²) in [6.45, 7) is 4.67. The van der Waals surface area contributed by atoms with Crippen molar-refractivity contribution in [2.45, 2.75) is 52.0 Å². The number of aliphatic imine (C=N–C) groups is 1. The van der Waals surface area contributed by atoms with Crippen molar-refractivity contribution in [1.29, 1.82) is 0 Å². The van der Waals surface area contributed by atoms with E-state index in [0.717, 1.165) is 36.9 Å². The Labute approximate surface area is 181 Å². The second-order valence-corrected chi connectivity index (χ2v) is 7.50. The molecule has 7 heteroatoms. The first-order chi connectivity index (χ1) is 12.6. The maximum absolute atomic E-state index is 9.49. The van der Waals surface area contributed by atoms with Crippen molar-refractivity contribution in [1.82, 2.24) is 15.6 Å². The fourth-order valence-corrected chi connectivity index (χ4v) is 3.64. The van der Waals surface area contributed by atoms with Crippen molar-refractivity contribution in [3.63, 3.8) is 0 Å². The Morgan fingerprint density at radius 1 is 1.26 bits per heavy atom. The summed E-state index contributed by atoms with van der Waals surface area (Å²) < 4.78 is 0. The minimum atomic E-state index is 0. The molecule has 2 rings (SSSR count). The molecule has 27 heavy (non-hydrogen) atoms. The fourth-order valence-electron chi connectivity index (χ4n) is 3.64. The number of nitrogens with one attached hydrogen (secondary N) is 2. The van der Waals surface area contributed by atoms with E-state index in [1.54, 1.807) is 0 Å². The lowest BCUT2D eigenvalue weighted by Gasteiger charge is -2.37. The monoisotopic (exact) mass is 489 g/mol. The molecule has 0 radical (unpaired) electrons. The number of halogens is 1. The maximum atomic E-state index is 9.49. The first-order valence-corrected chi connectivity index (χ1v) is 9.84. The van der Waals surface area contributed by atoms with E-state index >= 15 is 0 Å². The summed E-state index contributed by atoms with van der Waals surface area (Å²) in [5, 5.41) is 16.4. The SMILES string of the molecule is CCNC(=NCc1ccnc(N(C)C)c1)NCC1(CCO)CCCCC1.I. The standard InChI is InChI=1S/C20H35N5O.HI/c1-4-21-19(23-15-17-8-12-22-18(14-17)25(2)3)24-16-20(11-13-26)9-6-5-7-10-20;/h8,12,14,26H,4-7,9-11,13,15-16H2,1-3H3,(H2,21,23,24);1H. The lowest BCUT2D eigenvalue weighted by molar-refractivity contribution is 0.131. The minimum Gasteiger partial charge on any atom is -0.396 e. The van der Waals surface area contributed by atoms with Gasteiger partial charge in [-0.1, -0.05) is 19.3 Å². The third kappa shape index (κ3) is 7.81. The van der Waals surface area contributed by atoms with Crippen LogP contribution in [-0.2, 0) is 6.54 Å². The topological polar surface area (TPSA) is 72.8 Å². The Morgan fingerprint density at radius 2 is 2.00 bits per heavy atom. The van der Waals surface area contributed by atoms with Crippen molar-refractivity contribution in [2.24, 2.45) is 10.4 Å². The molecule has 1 aromatic rings. The second kappa shape index (κ2) is 12.4. The number of hydrogen-bond donors (Lipinski definition) is 3. The van der Waals surface area contributed by atoms with Gasteiger partial charge in [-0.05, 0) is 49.3 Å². The highest BCUT2D eigenvalue weighted by atomic mass is 127. The Balaban J connectivity index is 0.00000364. The summed E-state index contributed by atoms with van der Waals surface area (Å²) >= 11 is 0. The molecule has 1 aromatic heterocycles. The molecular formula is C20H36IN5O. The van der Waals surface area contributed by atoms with Gasteiger partial charge in [-0.3, -0.25) is 0 Å². The zero-order valence-electron chi connectivity index (χ0n) is 17.0. The van der Waals surface area contributed by atoms with E-state index in [1.165, 1.54) is 32.1 Å². The lowest BCUT2D eigenvalue weighted by atomic mass is 9.72. The van der Waals surface area contributed by atoms with Crippen LogP contribution in [0.3, 0.4) is 0 Å². The van der Waals surface area contributed by atoms with Gasteiger partial charge in [0.2, 0.25) is 0 Å². The minimum absolute atomic E-state index is 0. The highest BCUT2D eigenvalue weighted by molar-refractivity contribution is 14.0. The van der Waals surface area contributed by atoms with Gasteiger partial charge in [-0.25, -0.2) is 9.98 Å². The van der Waals surface area contributed by atoms with E-state index in [2.05, 4.69) is 28.6 Å². The molecule has 6 nitrogen and oxygen atoms in total. The zero-order chi connectivity index (χ0) is 18.8. The highest BCUT2D eigenvalue weighted by Gasteiger charge is 2.31. The molecule has 3 N–H and O–H groups in total. The molecule has 1 fully saturated rings. The predicted octanol–water partition coefficient (Wildman–Crippen LogP) is 3.15. The van der Waals surface area contributed by atoms with Crippen LogP contribution < -0.4 is 15.5 Å². The molecule has 0 aromatic carbocycles. The summed E-state index contributed by atoms with van der Waals surface area (Å²) in [6.07, 6.45) is 8.93. The second-order valence-electron chi connectivity index (χ2n) is 7.50. The van der Waals surface area contributed by atoms with Gasteiger partial charge in [0, 0.05) is 40.0 Å². The van der Waals surface area contributed by atoms with Gasteiger partial charge in [0.1, 0.15) is 5.82 Å². The quantitative estimate of drug-likeness (QED) is 0.297. The fraction of sp³-hybridized carbons (Fsp3) is 0.700. The van der Waals surface area contributed by atoms with Gasteiger partial charge in [0.25, 0.3) is 0 Å². The molecule has 0 unspecified atom stereocenters. The number of anilines is 1. The number of pyridine rings is 1. The smallest absolute Gasteiger partial charge is 0.191 e. The summed E-state index contributed by atoms with van der Waals surface area (Å²) in [5.41, 5.74) is 1.35. The molecule has 1 aliphatic carbocycles. The van der Waals surface area contributed by atoms with E-state index in [4.69, 9.17) is 4.99 Å². The van der Waals surface area contributed by atoms with Crippen molar-refractivity contribution in [2.75, 3.05) is 38.7 Å². The maximum Gasteiger partial charge on any atom is 0.191 e. The van der Waals surface area contributed by atoms with E-state index < -0.39 is 0 Å². The lowest BCUT2D eigenvalue weighted by Crippen LogP contribution is -2.44. The van der Waals surface area contributed by atoms with Gasteiger partial charge < -0.3 is 20.6 Å². The third-order valence-electron chi connectivity index (χ3n) is 5.22. The highest BCUT2D eigenvalue weighted by Crippen LogP contribution is 2.38. The van der Waals surface area contributed by atoms with Crippen LogP contribution in [0.15, 0.2) is 23.3 Å². The van der Waals surface area contributed by atoms with E-state index in [9.17, 15) is 5.11 Å². The molecule has 0 bridgehead atoms. The van der Waals surface area contributed by atoms with Crippen molar-refractivity contribution >= 4 is 35.8 Å². The van der Waals surface area contributed by atoms with Gasteiger partial charge >= 0.3 is 0 Å². The van der Waals surface area contributed by atoms with Crippen LogP contribution in [0.2, 0.25) is 0 Å². The number of aromatic nitrogens is 1. The average Bonchev–Trinajstić information content (AvgIpc) is 2.65. The van der Waals surface area contributed by atoms with E-state index in [-0.39, 0.29) is 36.0 Å². The van der Waals surface area contributed by atoms with Crippen LogP contribution in [0, 0.1) is 5.41 Å². The van der Waals surface area contributed by atoms with Crippen LogP contribution in [0.1, 0.15) is 51.0 Å². The van der Waals surface area contributed by atoms with Crippen LogP contribution in [-0.4, -0.2) is 49.8 Å². The number of guanidine groups is 1. The molecule has 0 amide bonds. The van der Waals surface area contributed by atoms with Crippen molar-refractivity contribution in [3.8, 4) is 0 Å². The van der Waals surface area contributed by atoms with E-state index in [1.807, 2.05) is 31.3 Å². The number of hydrogen-bond acceptors (Lipinski definition) is 4. The van der Waals surface area contributed by atoms with Crippen LogP contribution >= 0.6 is 24.0 Å². The van der Waals surface area contributed by atoms with Crippen molar-refractivity contribution < 1.29 is 5.11 Å². The summed E-state index contributed by atoms with van der Waals surface area (Å²) in [5.74, 6) is 1.79. The van der Waals surface area contributed by atoms with Crippen LogP contribution in [0.4, 0.5) is 5.82 Å². The van der Waals surface area contributed by atoms with Gasteiger partial charge in [0.05, 0.1) is 6.54 Å². The zero-order valence-corrected chi connectivity index (χ0v) is 19.3. The normalized spacial score (nSPS) is 16.4. The van der Waals surface area contributed by atoms with Gasteiger partial charge in [-0.2, -0.15) is 0 Å². The van der Waals surface area contributed by atoms with Gasteiger partial charge in [0.15, 0.2) is 5.96 Å². The molecule has 154 valence electrons. The Hall–Kier alpha value is -1.09. The van der Waals surface area contributed by atoms with Gasteiger partial charge in [-0.15, -0.1) is 24.0 Å². The molecule has 1 saturated carbocycles. The summed E-state index contributed by atoms with van der Waals surface area (Å²) in [6, 6.07) is 4.08. The molecule has 1 aliphatic rings. The molecular weight excluding hydrogens is 453 g/mol. The van der Waals surface area contributed by atoms with Crippen LogP contribution in [0.25, 0.3) is 0 Å². The predicted molar refractivity (Wildman–Crippen MR) is 124 cm³/mol. The van der Waals surface area contributed by atoms with Crippen LogP contribution in [0.5, 0.6) is 0 Å². The molecule has 0 spiro atoms. The summed E-state index contributed by atoms with van der Waals surface area (Å²) in [7, 11) is 3.98. The molecule has 0 saturated heterocycles. The first-order valence-electron chi connectivity index (χ1n) is 9.84. The Kier molecular flexibility index (Phi) is 11.0. The number of nitrogens with zero attached hydrogens (tertiary/aromatic N) is 3. The number of aliphatic hydroxyl groups is 1. The summed E-state index contributed by atoms with van der Waals surface area (Å²) in [4.78, 5) is 11.1. The Bertz CT molecular complexity index is 568. The Morgan fingerprint density at radius 3 is 2.63 bits per heavy atom. The van der Waals surface area contributed by atoms with E-state index in [0.29, 0.717) is 6.54 Å².